The standard InChI is InChI=1S/C5H9N2O/c1-5(2)6-3-4(8)7-5/h6H,3H2,1-2H3. The van der Waals surface area contributed by atoms with Crippen molar-refractivity contribution in [1.82, 2.24) is 10.6 Å². The van der Waals surface area contributed by atoms with Gasteiger partial charge in [-0.25, -0.2) is 5.32 Å². The predicted octanol–water partition coefficient (Wildman–Crippen LogP) is -0.543. The minimum atomic E-state index is -0.308. The van der Waals surface area contributed by atoms with Crippen LogP contribution in [0.2, 0.25) is 0 Å². The first-order valence-corrected chi connectivity index (χ1v) is 2.61. The molecule has 1 rings (SSSR count). The minimum absolute atomic E-state index is 0.0463. The minimum Gasteiger partial charge on any atom is -0.285 e. The van der Waals surface area contributed by atoms with Gasteiger partial charge in [0.2, 0.25) is 0 Å². The highest BCUT2D eigenvalue weighted by Crippen LogP contribution is 2.02. The Bertz CT molecular complexity index is 120. The van der Waals surface area contributed by atoms with Gasteiger partial charge in [-0.2, -0.15) is 0 Å². The largest absolute Gasteiger partial charge is 0.285 e. The molecule has 1 amide bonds. The van der Waals surface area contributed by atoms with Crippen LogP contribution in [0.25, 0.3) is 0 Å². The van der Waals surface area contributed by atoms with Gasteiger partial charge >= 0.3 is 0 Å². The van der Waals surface area contributed by atoms with Gasteiger partial charge in [0.05, 0.1) is 6.54 Å². The van der Waals surface area contributed by atoms with E-state index in [9.17, 15) is 4.79 Å². The highest BCUT2D eigenvalue weighted by molar-refractivity contribution is 5.80. The van der Waals surface area contributed by atoms with Crippen LogP contribution in [0.1, 0.15) is 13.8 Å². The van der Waals surface area contributed by atoms with Gasteiger partial charge in [-0.05, 0) is 13.8 Å². The van der Waals surface area contributed by atoms with E-state index >= 15 is 0 Å². The number of hydrogen-bond donors (Lipinski definition) is 1. The molecule has 1 fully saturated rings. The van der Waals surface area contributed by atoms with Crippen LogP contribution in [-0.4, -0.2) is 18.1 Å². The van der Waals surface area contributed by atoms with E-state index in [4.69, 9.17) is 0 Å². The van der Waals surface area contributed by atoms with Crippen molar-refractivity contribution in [3.8, 4) is 0 Å². The lowest BCUT2D eigenvalue weighted by atomic mass is 10.3. The Balaban J connectivity index is 2.56. The Labute approximate surface area is 48.5 Å². The molecule has 0 bridgehead atoms. The van der Waals surface area contributed by atoms with Crippen molar-refractivity contribution in [2.24, 2.45) is 0 Å². The van der Waals surface area contributed by atoms with Crippen molar-refractivity contribution in [2.45, 2.75) is 19.5 Å². The summed E-state index contributed by atoms with van der Waals surface area (Å²) in [4.78, 5) is 10.4. The molecule has 0 aromatic carbocycles. The molecule has 1 heterocycles. The number of carbonyl (C=O) groups excluding carboxylic acids is 1. The zero-order chi connectivity index (χ0) is 6.20. The number of rotatable bonds is 0. The van der Waals surface area contributed by atoms with Crippen molar-refractivity contribution in [1.29, 1.82) is 0 Å². The van der Waals surface area contributed by atoms with Crippen LogP contribution in [0.15, 0.2) is 0 Å². The Kier molecular flexibility index (Phi) is 1.01. The lowest BCUT2D eigenvalue weighted by Gasteiger charge is -2.13. The first-order valence-electron chi connectivity index (χ1n) is 2.61. The first kappa shape index (κ1) is 5.56. The van der Waals surface area contributed by atoms with Crippen LogP contribution in [0, 0.1) is 0 Å². The third-order valence-corrected chi connectivity index (χ3v) is 1.08. The number of amides is 1. The maximum Gasteiger partial charge on any atom is 0.257 e. The van der Waals surface area contributed by atoms with Crippen molar-refractivity contribution in [2.75, 3.05) is 6.54 Å². The molecule has 0 saturated carbocycles. The molecule has 8 heavy (non-hydrogen) atoms. The van der Waals surface area contributed by atoms with E-state index in [2.05, 4.69) is 10.6 Å². The molecule has 3 heteroatoms. The van der Waals surface area contributed by atoms with Crippen molar-refractivity contribution < 1.29 is 4.79 Å². The fourth-order valence-corrected chi connectivity index (χ4v) is 0.683. The maximum absolute atomic E-state index is 10.4. The first-order chi connectivity index (χ1) is 3.60. The Hall–Kier alpha value is -0.570. The van der Waals surface area contributed by atoms with Crippen LogP contribution in [-0.2, 0) is 4.79 Å². The summed E-state index contributed by atoms with van der Waals surface area (Å²) in [5.41, 5.74) is -0.308. The Morgan fingerprint density at radius 1 is 1.75 bits per heavy atom. The average Bonchev–Trinajstić information content (AvgIpc) is 1.82. The highest BCUT2D eigenvalue weighted by Gasteiger charge is 2.28. The smallest absolute Gasteiger partial charge is 0.257 e. The zero-order valence-corrected chi connectivity index (χ0v) is 5.06. The van der Waals surface area contributed by atoms with Gasteiger partial charge in [0.25, 0.3) is 5.91 Å². The Morgan fingerprint density at radius 3 is 2.50 bits per heavy atom. The van der Waals surface area contributed by atoms with E-state index in [1.165, 1.54) is 0 Å². The lowest BCUT2D eigenvalue weighted by molar-refractivity contribution is -0.119. The zero-order valence-electron chi connectivity index (χ0n) is 5.06. The van der Waals surface area contributed by atoms with Crippen LogP contribution < -0.4 is 10.6 Å². The summed E-state index contributed by atoms with van der Waals surface area (Å²) in [5, 5.41) is 6.70. The van der Waals surface area contributed by atoms with Crippen LogP contribution in [0.4, 0.5) is 0 Å². The summed E-state index contributed by atoms with van der Waals surface area (Å²) in [5.74, 6) is -0.0463. The fourth-order valence-electron chi connectivity index (χ4n) is 0.683. The maximum atomic E-state index is 10.4. The summed E-state index contributed by atoms with van der Waals surface area (Å²) < 4.78 is 0. The number of nitrogens with zero attached hydrogens (tertiary/aromatic N) is 1. The van der Waals surface area contributed by atoms with Gasteiger partial charge in [0.15, 0.2) is 0 Å². The highest BCUT2D eigenvalue weighted by atomic mass is 16.2. The molecule has 1 radical (unpaired) electrons. The van der Waals surface area contributed by atoms with Crippen LogP contribution >= 0.6 is 0 Å². The summed E-state index contributed by atoms with van der Waals surface area (Å²) in [7, 11) is 0. The summed E-state index contributed by atoms with van der Waals surface area (Å²) in [6.07, 6.45) is 0. The van der Waals surface area contributed by atoms with E-state index in [0.29, 0.717) is 6.54 Å². The average molecular weight is 113 g/mol. The van der Waals surface area contributed by atoms with Gasteiger partial charge in [-0.3, -0.25) is 10.1 Å². The van der Waals surface area contributed by atoms with Gasteiger partial charge < -0.3 is 0 Å². The fraction of sp³-hybridized carbons (Fsp3) is 0.800. The quantitative estimate of drug-likeness (QED) is 0.458. The molecule has 1 N–H and O–H groups in total. The molecule has 0 unspecified atom stereocenters. The predicted molar refractivity (Wildman–Crippen MR) is 29.2 cm³/mol. The van der Waals surface area contributed by atoms with Crippen LogP contribution in [0.3, 0.4) is 0 Å². The second-order valence-electron chi connectivity index (χ2n) is 2.42. The molecule has 0 aromatic rings. The van der Waals surface area contributed by atoms with Crippen LogP contribution in [0.5, 0.6) is 0 Å². The third-order valence-electron chi connectivity index (χ3n) is 1.08. The molecule has 45 valence electrons. The summed E-state index contributed by atoms with van der Waals surface area (Å²) >= 11 is 0. The van der Waals surface area contributed by atoms with Crippen molar-refractivity contribution in [3.05, 3.63) is 0 Å². The van der Waals surface area contributed by atoms with Gasteiger partial charge in [0.1, 0.15) is 5.66 Å². The van der Waals surface area contributed by atoms with E-state index in [-0.39, 0.29) is 11.6 Å². The monoisotopic (exact) mass is 113 g/mol. The van der Waals surface area contributed by atoms with E-state index in [0.717, 1.165) is 0 Å². The molecule has 1 aliphatic rings. The summed E-state index contributed by atoms with van der Waals surface area (Å²) in [6, 6.07) is 0. The molecule has 1 aliphatic heterocycles. The molecular weight excluding hydrogens is 104 g/mol. The van der Waals surface area contributed by atoms with E-state index in [1.807, 2.05) is 13.8 Å². The number of carbonyl (C=O) groups is 1. The molecular formula is C5H9N2O. The third kappa shape index (κ3) is 0.980. The molecule has 0 spiro atoms. The second-order valence-corrected chi connectivity index (χ2v) is 2.42. The molecule has 3 nitrogen and oxygen atoms in total. The number of hydrogen-bond acceptors (Lipinski definition) is 2. The van der Waals surface area contributed by atoms with Gasteiger partial charge in [0, 0.05) is 0 Å². The molecule has 0 atom stereocenters. The molecule has 0 aliphatic carbocycles. The summed E-state index contributed by atoms with van der Waals surface area (Å²) in [6.45, 7) is 4.14. The SMILES string of the molecule is CC1(C)[N]C(=O)CN1. The normalized spacial score (nSPS) is 25.5. The number of nitrogens with one attached hydrogen (secondary N) is 1. The molecule has 1 saturated heterocycles. The van der Waals surface area contributed by atoms with Gasteiger partial charge in [-0.15, -0.1) is 0 Å². The van der Waals surface area contributed by atoms with Crippen molar-refractivity contribution in [3.63, 3.8) is 0 Å². The van der Waals surface area contributed by atoms with Gasteiger partial charge in [-0.1, -0.05) is 0 Å². The lowest BCUT2D eigenvalue weighted by Crippen LogP contribution is -2.38. The molecule has 0 aromatic heterocycles. The topological polar surface area (TPSA) is 43.2 Å². The Morgan fingerprint density at radius 2 is 2.38 bits per heavy atom. The van der Waals surface area contributed by atoms with E-state index < -0.39 is 0 Å². The van der Waals surface area contributed by atoms with E-state index in [1.54, 1.807) is 0 Å². The second kappa shape index (κ2) is 1.45. The van der Waals surface area contributed by atoms with Crippen molar-refractivity contribution >= 4 is 5.91 Å².